The molecule has 0 saturated heterocycles. The molecule has 220 valence electrons. The highest BCUT2D eigenvalue weighted by molar-refractivity contribution is 5.97. The Hall–Kier alpha value is -4.08. The monoisotopic (exact) mass is 564 g/mol. The number of hydrogen-bond acceptors (Lipinski definition) is 8. The van der Waals surface area contributed by atoms with E-state index in [0.29, 0.717) is 43.5 Å². The second kappa shape index (κ2) is 15.1. The summed E-state index contributed by atoms with van der Waals surface area (Å²) in [7, 11) is 1.91. The molecule has 1 aliphatic carbocycles. The Kier molecular flexibility index (Phi) is 11.0. The number of esters is 1. The first kappa shape index (κ1) is 29.9. The van der Waals surface area contributed by atoms with E-state index in [4.69, 9.17) is 14.2 Å². The van der Waals surface area contributed by atoms with Crippen LogP contribution in [0.5, 0.6) is 5.75 Å². The van der Waals surface area contributed by atoms with Crippen LogP contribution in [-0.4, -0.2) is 66.6 Å². The molecule has 1 saturated carbocycles. The third-order valence-electron chi connectivity index (χ3n) is 7.31. The number of rotatable bonds is 11. The predicted molar refractivity (Wildman–Crippen MR) is 155 cm³/mol. The first-order chi connectivity index (χ1) is 19.9. The van der Waals surface area contributed by atoms with Crippen molar-refractivity contribution in [2.24, 2.45) is 4.99 Å². The lowest BCUT2D eigenvalue weighted by Gasteiger charge is -2.31. The number of guanidine groups is 1. The van der Waals surface area contributed by atoms with E-state index in [2.05, 4.69) is 10.3 Å². The number of aliphatic imine (C=N–C) groups is 1. The fourth-order valence-corrected chi connectivity index (χ4v) is 5.07. The lowest BCUT2D eigenvalue weighted by molar-refractivity contribution is -0.143. The largest absolute Gasteiger partial charge is 0.494 e. The zero-order chi connectivity index (χ0) is 29.0. The summed E-state index contributed by atoms with van der Waals surface area (Å²) in [5.74, 6) is 0.593. The summed E-state index contributed by atoms with van der Waals surface area (Å²) in [5.41, 5.74) is 2.35. The molecule has 0 bridgehead atoms. The first-order valence-corrected chi connectivity index (χ1v) is 14.4. The molecule has 0 unspecified atom stereocenters. The van der Waals surface area contributed by atoms with Crippen LogP contribution in [0, 0.1) is 0 Å². The van der Waals surface area contributed by atoms with E-state index < -0.39 is 12.1 Å². The number of benzene rings is 2. The van der Waals surface area contributed by atoms with Crippen molar-refractivity contribution in [2.75, 3.05) is 26.8 Å². The van der Waals surface area contributed by atoms with E-state index in [1.165, 1.54) is 19.3 Å². The van der Waals surface area contributed by atoms with Gasteiger partial charge in [-0.15, -0.1) is 0 Å². The van der Waals surface area contributed by atoms with Crippen LogP contribution in [0.1, 0.15) is 63.0 Å². The number of carbonyl (C=O) groups is 3. The summed E-state index contributed by atoms with van der Waals surface area (Å²) in [6.45, 7) is 2.74. The van der Waals surface area contributed by atoms with Crippen molar-refractivity contribution in [3.05, 3.63) is 59.7 Å². The number of carbonyl (C=O) groups excluding carboxylic acids is 3. The fourth-order valence-electron chi connectivity index (χ4n) is 5.07. The number of fused-ring (bicyclic) bond motifs is 1. The second-order valence-electron chi connectivity index (χ2n) is 10.3. The van der Waals surface area contributed by atoms with E-state index in [1.807, 2.05) is 60.5 Å². The highest BCUT2D eigenvalue weighted by Gasteiger charge is 2.25. The molecule has 0 aromatic heterocycles. The quantitative estimate of drug-likeness (QED) is 0.304. The predicted octanol–water partition coefficient (Wildman–Crippen LogP) is 4.93. The van der Waals surface area contributed by atoms with Gasteiger partial charge in [-0.25, -0.2) is 9.79 Å². The minimum atomic E-state index is -0.673. The minimum Gasteiger partial charge on any atom is -0.494 e. The summed E-state index contributed by atoms with van der Waals surface area (Å²) >= 11 is 0. The summed E-state index contributed by atoms with van der Waals surface area (Å²) in [5, 5.41) is 2.67. The number of nitrogens with zero attached hydrogens (tertiary/aromatic N) is 3. The van der Waals surface area contributed by atoms with Crippen molar-refractivity contribution in [1.82, 2.24) is 15.1 Å². The van der Waals surface area contributed by atoms with Gasteiger partial charge >= 0.3 is 12.1 Å². The number of nitrogens with one attached hydrogen (secondary N) is 1. The lowest BCUT2D eigenvalue weighted by atomic mass is 9.94. The summed E-state index contributed by atoms with van der Waals surface area (Å²) in [4.78, 5) is 45.6. The van der Waals surface area contributed by atoms with Crippen LogP contribution in [0.2, 0.25) is 0 Å². The zero-order valence-electron chi connectivity index (χ0n) is 24.0. The van der Waals surface area contributed by atoms with Crippen molar-refractivity contribution in [1.29, 1.82) is 0 Å². The van der Waals surface area contributed by atoms with Crippen LogP contribution in [-0.2, 0) is 32.2 Å². The molecule has 2 aliphatic rings. The molecule has 4 rings (SSSR count). The Bertz CT molecular complexity index is 1210. The maximum absolute atomic E-state index is 12.6. The van der Waals surface area contributed by atoms with Gasteiger partial charge in [-0.1, -0.05) is 49.6 Å². The van der Waals surface area contributed by atoms with Gasteiger partial charge in [0.25, 0.3) is 0 Å². The minimum absolute atomic E-state index is 0.0905. The molecular formula is C31H40N4O6. The van der Waals surface area contributed by atoms with Gasteiger partial charge in [0.05, 0.1) is 18.9 Å². The number of ether oxygens (including phenoxy) is 3. The highest BCUT2D eigenvalue weighted by Crippen LogP contribution is 2.30. The van der Waals surface area contributed by atoms with E-state index in [-0.39, 0.29) is 31.6 Å². The molecule has 10 heteroatoms. The van der Waals surface area contributed by atoms with E-state index in [1.54, 1.807) is 11.8 Å². The Morgan fingerprint density at radius 1 is 1.05 bits per heavy atom. The second-order valence-corrected chi connectivity index (χ2v) is 10.3. The molecule has 0 radical (unpaired) electrons. The van der Waals surface area contributed by atoms with Gasteiger partial charge in [0.15, 0.2) is 0 Å². The third kappa shape index (κ3) is 8.96. The third-order valence-corrected chi connectivity index (χ3v) is 7.31. The van der Waals surface area contributed by atoms with Gasteiger partial charge in [0, 0.05) is 31.6 Å². The summed E-state index contributed by atoms with van der Waals surface area (Å²) in [6.07, 6.45) is 6.24. The average molecular weight is 565 g/mol. The fraction of sp³-hybridized carbons (Fsp3) is 0.484. The SMILES string of the molecule is CCOC(=O)CN1Cc2cc(OCCCC(=O)N(C)C3CCCCC3)ccc2N=C1NC(=O)OCc1ccccc1. The normalized spacial score (nSPS) is 14.9. The van der Waals surface area contributed by atoms with Gasteiger partial charge in [0.1, 0.15) is 18.9 Å². The van der Waals surface area contributed by atoms with Gasteiger partial charge in [-0.2, -0.15) is 0 Å². The Morgan fingerprint density at radius 2 is 1.83 bits per heavy atom. The number of hydrogen-bond donors (Lipinski definition) is 1. The Balaban J connectivity index is 1.34. The molecule has 41 heavy (non-hydrogen) atoms. The van der Waals surface area contributed by atoms with Crippen LogP contribution in [0.25, 0.3) is 0 Å². The molecule has 10 nitrogen and oxygen atoms in total. The number of amides is 2. The van der Waals surface area contributed by atoms with Gasteiger partial charge in [-0.05, 0) is 49.9 Å². The van der Waals surface area contributed by atoms with Crippen molar-refractivity contribution in [3.8, 4) is 5.75 Å². The van der Waals surface area contributed by atoms with Crippen molar-refractivity contribution in [3.63, 3.8) is 0 Å². The van der Waals surface area contributed by atoms with Gasteiger partial charge in [-0.3, -0.25) is 14.9 Å². The lowest BCUT2D eigenvalue weighted by Crippen LogP contribution is -2.47. The zero-order valence-corrected chi connectivity index (χ0v) is 24.0. The summed E-state index contributed by atoms with van der Waals surface area (Å²) in [6, 6.07) is 15.2. The van der Waals surface area contributed by atoms with E-state index >= 15 is 0 Å². The molecular weight excluding hydrogens is 524 g/mol. The van der Waals surface area contributed by atoms with Crippen LogP contribution in [0.3, 0.4) is 0 Å². The smallest absolute Gasteiger partial charge is 0.414 e. The van der Waals surface area contributed by atoms with Crippen LogP contribution in [0.15, 0.2) is 53.5 Å². The maximum atomic E-state index is 12.6. The molecule has 2 aromatic carbocycles. The Morgan fingerprint density at radius 3 is 2.59 bits per heavy atom. The van der Waals surface area contributed by atoms with Crippen molar-refractivity contribution >= 4 is 29.6 Å². The van der Waals surface area contributed by atoms with Crippen molar-refractivity contribution in [2.45, 2.75) is 71.1 Å². The van der Waals surface area contributed by atoms with Crippen molar-refractivity contribution < 1.29 is 28.6 Å². The van der Waals surface area contributed by atoms with E-state index in [0.717, 1.165) is 24.0 Å². The summed E-state index contributed by atoms with van der Waals surface area (Å²) < 4.78 is 16.4. The average Bonchev–Trinajstić information content (AvgIpc) is 2.99. The number of alkyl carbamates (subject to hydrolysis) is 1. The molecule has 0 spiro atoms. The van der Waals surface area contributed by atoms with Crippen LogP contribution >= 0.6 is 0 Å². The standard InChI is InChI=1S/C31H40N4O6/c1-3-39-29(37)21-35-20-24-19-26(40-18-10-15-28(36)34(2)25-13-8-5-9-14-25)16-17-27(24)32-30(35)33-31(38)41-22-23-11-6-4-7-12-23/h4,6-7,11-12,16-17,19,25H,3,5,8-10,13-15,18,20-22H2,1-2H3,(H,32,33,38). The van der Waals surface area contributed by atoms with Gasteiger partial charge in [0.2, 0.25) is 11.9 Å². The molecule has 1 N–H and O–H groups in total. The molecule has 2 aromatic rings. The van der Waals surface area contributed by atoms with Crippen LogP contribution < -0.4 is 10.1 Å². The first-order valence-electron chi connectivity index (χ1n) is 14.4. The highest BCUT2D eigenvalue weighted by atomic mass is 16.5. The molecule has 0 atom stereocenters. The van der Waals surface area contributed by atoms with E-state index in [9.17, 15) is 14.4 Å². The maximum Gasteiger partial charge on any atom is 0.414 e. The van der Waals surface area contributed by atoms with Crippen LogP contribution in [0.4, 0.5) is 10.5 Å². The topological polar surface area (TPSA) is 110 Å². The molecule has 1 heterocycles. The molecule has 1 aliphatic heterocycles. The van der Waals surface area contributed by atoms with Gasteiger partial charge < -0.3 is 24.0 Å². The molecule has 2 amide bonds. The molecule has 1 fully saturated rings. The Labute approximate surface area is 241 Å².